The van der Waals surface area contributed by atoms with E-state index < -0.39 is 12.1 Å². The van der Waals surface area contributed by atoms with E-state index in [4.69, 9.17) is 16.3 Å². The highest BCUT2D eigenvalue weighted by Gasteiger charge is 2.27. The number of imide groups is 1. The average Bonchev–Trinajstić information content (AvgIpc) is 3.02. The fourth-order valence-electron chi connectivity index (χ4n) is 2.72. The predicted octanol–water partition coefficient (Wildman–Crippen LogP) is 1.72. The summed E-state index contributed by atoms with van der Waals surface area (Å²) < 4.78 is 6.73. The molecule has 0 saturated carbocycles. The molecule has 2 aromatic rings. The van der Waals surface area contributed by atoms with Crippen molar-refractivity contribution >= 4 is 41.3 Å². The Morgan fingerprint density at radius 1 is 1.32 bits per heavy atom. The van der Waals surface area contributed by atoms with Gasteiger partial charge in [0.25, 0.3) is 0 Å². The molecule has 28 heavy (non-hydrogen) atoms. The van der Waals surface area contributed by atoms with Gasteiger partial charge in [-0.2, -0.15) is 0 Å². The van der Waals surface area contributed by atoms with Crippen LogP contribution in [0.3, 0.4) is 0 Å². The number of ether oxygens (including phenoxy) is 1. The minimum absolute atomic E-state index is 0.0854. The third-order valence-corrected chi connectivity index (χ3v) is 5.01. The molecule has 0 bridgehead atoms. The fraction of sp³-hybridized carbons (Fsp3) is 0.353. The van der Waals surface area contributed by atoms with Gasteiger partial charge in [-0.3, -0.25) is 19.5 Å². The van der Waals surface area contributed by atoms with E-state index in [1.807, 2.05) is 0 Å². The van der Waals surface area contributed by atoms with Gasteiger partial charge < -0.3 is 10.1 Å². The molecular weight excluding hydrogens is 406 g/mol. The van der Waals surface area contributed by atoms with E-state index in [-0.39, 0.29) is 24.1 Å². The molecular formula is C17H18ClN5O4S. The van der Waals surface area contributed by atoms with Crippen LogP contribution in [0.2, 0.25) is 5.02 Å². The topological polar surface area (TPSA) is 115 Å². The van der Waals surface area contributed by atoms with Gasteiger partial charge in [-0.15, -0.1) is 10.2 Å². The predicted molar refractivity (Wildman–Crippen MR) is 103 cm³/mol. The number of hydrogen-bond acceptors (Lipinski definition) is 7. The number of carbonyl (C=O) groups excluding carboxylic acids is 3. The largest absolute Gasteiger partial charge is 0.465 e. The monoisotopic (exact) mass is 423 g/mol. The Bertz CT molecular complexity index is 870. The molecule has 0 radical (unpaired) electrons. The zero-order chi connectivity index (χ0) is 20.1. The van der Waals surface area contributed by atoms with Crippen LogP contribution in [0.5, 0.6) is 0 Å². The zero-order valence-corrected chi connectivity index (χ0v) is 16.5. The van der Waals surface area contributed by atoms with Gasteiger partial charge in [0.05, 0.1) is 12.4 Å². The SMILES string of the molecule is CCOC(=O)CSc1nnc(CC2CC(=O)NC(=O)N2)n1-c1ccc(Cl)cc1. The Morgan fingerprint density at radius 2 is 2.07 bits per heavy atom. The Balaban J connectivity index is 1.86. The third-order valence-electron chi connectivity index (χ3n) is 3.86. The molecule has 1 unspecified atom stereocenters. The first-order valence-electron chi connectivity index (χ1n) is 8.55. The number of rotatable bonds is 7. The van der Waals surface area contributed by atoms with E-state index in [0.717, 1.165) is 5.69 Å². The number of amides is 3. The molecule has 0 spiro atoms. The number of aromatic nitrogens is 3. The standard InChI is InChI=1S/C17H18ClN5O4S/c1-2-27-15(25)9-28-17-22-21-13(7-11-8-14(24)20-16(26)19-11)23(17)12-5-3-10(18)4-6-12/h3-6,11H,2,7-9H2,1H3,(H2,19,20,24,26). The summed E-state index contributed by atoms with van der Waals surface area (Å²) in [6.45, 7) is 2.05. The fourth-order valence-corrected chi connectivity index (χ4v) is 3.61. The first-order chi connectivity index (χ1) is 13.5. The number of carbonyl (C=O) groups is 3. The molecule has 1 atom stereocenters. The van der Waals surface area contributed by atoms with Crippen molar-refractivity contribution in [2.75, 3.05) is 12.4 Å². The van der Waals surface area contributed by atoms with Crippen LogP contribution in [0.25, 0.3) is 5.69 Å². The minimum atomic E-state index is -0.532. The van der Waals surface area contributed by atoms with Crippen molar-refractivity contribution in [2.24, 2.45) is 0 Å². The van der Waals surface area contributed by atoms with Crippen LogP contribution in [0.4, 0.5) is 4.79 Å². The molecule has 1 aliphatic rings. The second kappa shape index (κ2) is 9.07. The number of urea groups is 1. The van der Waals surface area contributed by atoms with Gasteiger partial charge in [0.2, 0.25) is 5.91 Å². The minimum Gasteiger partial charge on any atom is -0.465 e. The lowest BCUT2D eigenvalue weighted by molar-refractivity contribution is -0.139. The van der Waals surface area contributed by atoms with E-state index in [2.05, 4.69) is 20.8 Å². The van der Waals surface area contributed by atoms with Crippen molar-refractivity contribution in [2.45, 2.75) is 31.0 Å². The van der Waals surface area contributed by atoms with Crippen molar-refractivity contribution in [1.82, 2.24) is 25.4 Å². The van der Waals surface area contributed by atoms with Crippen molar-refractivity contribution in [3.05, 3.63) is 35.1 Å². The van der Waals surface area contributed by atoms with Gasteiger partial charge in [-0.1, -0.05) is 23.4 Å². The summed E-state index contributed by atoms with van der Waals surface area (Å²) in [6.07, 6.45) is 0.444. The second-order valence-corrected chi connectivity index (χ2v) is 7.31. The number of halogens is 1. The van der Waals surface area contributed by atoms with Gasteiger partial charge >= 0.3 is 12.0 Å². The smallest absolute Gasteiger partial charge is 0.321 e. The lowest BCUT2D eigenvalue weighted by Gasteiger charge is -2.23. The Labute approximate surface area is 170 Å². The van der Waals surface area contributed by atoms with Crippen molar-refractivity contribution in [3.63, 3.8) is 0 Å². The second-order valence-electron chi connectivity index (χ2n) is 5.93. The summed E-state index contributed by atoms with van der Waals surface area (Å²) in [6, 6.07) is 6.13. The highest BCUT2D eigenvalue weighted by Crippen LogP contribution is 2.24. The first kappa shape index (κ1) is 20.2. The van der Waals surface area contributed by atoms with Crippen LogP contribution in [0.1, 0.15) is 19.2 Å². The molecule has 0 aliphatic carbocycles. The van der Waals surface area contributed by atoms with Gasteiger partial charge in [0, 0.05) is 29.6 Å². The van der Waals surface area contributed by atoms with Crippen LogP contribution in [0, 0.1) is 0 Å². The van der Waals surface area contributed by atoms with Crippen LogP contribution in [0.15, 0.2) is 29.4 Å². The molecule has 11 heteroatoms. The first-order valence-corrected chi connectivity index (χ1v) is 9.91. The summed E-state index contributed by atoms with van der Waals surface area (Å²) >= 11 is 7.17. The third kappa shape index (κ3) is 5.02. The number of hydrogen-bond donors (Lipinski definition) is 2. The molecule has 1 aromatic carbocycles. The summed E-state index contributed by atoms with van der Waals surface area (Å²) in [5.41, 5.74) is 0.752. The molecule has 2 N–H and O–H groups in total. The molecule has 1 saturated heterocycles. The Kier molecular flexibility index (Phi) is 6.53. The van der Waals surface area contributed by atoms with E-state index >= 15 is 0 Å². The summed E-state index contributed by atoms with van der Waals surface area (Å²) in [7, 11) is 0. The number of nitrogens with zero attached hydrogens (tertiary/aromatic N) is 3. The van der Waals surface area contributed by atoms with Crippen LogP contribution >= 0.6 is 23.4 Å². The summed E-state index contributed by atoms with van der Waals surface area (Å²) in [4.78, 5) is 34.9. The highest BCUT2D eigenvalue weighted by atomic mass is 35.5. The van der Waals surface area contributed by atoms with Crippen molar-refractivity contribution in [3.8, 4) is 5.69 Å². The highest BCUT2D eigenvalue weighted by molar-refractivity contribution is 7.99. The Hall–Kier alpha value is -2.59. The molecule has 148 valence electrons. The molecule has 9 nitrogen and oxygen atoms in total. The van der Waals surface area contributed by atoms with Crippen molar-refractivity contribution in [1.29, 1.82) is 0 Å². The normalized spacial score (nSPS) is 16.4. The molecule has 3 amide bonds. The lowest BCUT2D eigenvalue weighted by atomic mass is 10.1. The number of esters is 1. The van der Waals surface area contributed by atoms with E-state index in [9.17, 15) is 14.4 Å². The van der Waals surface area contributed by atoms with E-state index in [1.165, 1.54) is 11.8 Å². The molecule has 1 fully saturated rings. The van der Waals surface area contributed by atoms with Crippen LogP contribution in [-0.4, -0.2) is 51.1 Å². The van der Waals surface area contributed by atoms with Gasteiger partial charge in [0.1, 0.15) is 5.82 Å². The summed E-state index contributed by atoms with van der Waals surface area (Å²) in [5, 5.41) is 14.4. The molecule has 1 aromatic heterocycles. The van der Waals surface area contributed by atoms with Gasteiger partial charge in [-0.25, -0.2) is 4.79 Å². The lowest BCUT2D eigenvalue weighted by Crippen LogP contribution is -2.53. The maximum Gasteiger partial charge on any atom is 0.321 e. The molecule has 1 aliphatic heterocycles. The van der Waals surface area contributed by atoms with Crippen LogP contribution in [-0.2, 0) is 20.7 Å². The van der Waals surface area contributed by atoms with Gasteiger partial charge in [0.15, 0.2) is 5.16 Å². The number of thioether (sulfide) groups is 1. The molecule has 3 rings (SSSR count). The summed E-state index contributed by atoms with van der Waals surface area (Å²) in [5.74, 6) is -0.0601. The van der Waals surface area contributed by atoms with Crippen LogP contribution < -0.4 is 10.6 Å². The maximum absolute atomic E-state index is 11.7. The van der Waals surface area contributed by atoms with E-state index in [1.54, 1.807) is 35.8 Å². The van der Waals surface area contributed by atoms with E-state index in [0.29, 0.717) is 29.0 Å². The average molecular weight is 424 g/mol. The van der Waals surface area contributed by atoms with Gasteiger partial charge in [-0.05, 0) is 31.2 Å². The van der Waals surface area contributed by atoms with Crippen molar-refractivity contribution < 1.29 is 19.1 Å². The quantitative estimate of drug-likeness (QED) is 0.514. The zero-order valence-electron chi connectivity index (χ0n) is 15.0. The maximum atomic E-state index is 11.7. The molecule has 2 heterocycles. The number of nitrogens with one attached hydrogen (secondary N) is 2. The Morgan fingerprint density at radius 3 is 2.75 bits per heavy atom. The number of benzene rings is 1.